The number of benzene rings is 2. The Hall–Kier alpha value is -3.76. The Bertz CT molecular complexity index is 1190. The standard InChI is InChI=1S/C28H35N5O5/c1-2-37-28(36)31-23(9-5-6-14-29)25(34)26-32-24(38-33-26)15-18-10-12-19(13-11-18)27(35)30-22-16-20-7-3-4-8-21(20)17-22/h3-4,7-8,10-13,22-23,25,34H,2,5-6,9,14-17,29H2,1H3,(H,30,35)(H,31,36)/t23-,25-/m0/s1. The molecule has 5 N–H and O–H groups in total. The summed E-state index contributed by atoms with van der Waals surface area (Å²) in [6, 6.07) is 15.0. The molecule has 1 aromatic heterocycles. The van der Waals surface area contributed by atoms with E-state index in [1.54, 1.807) is 19.1 Å². The highest BCUT2D eigenvalue weighted by molar-refractivity contribution is 5.94. The first kappa shape index (κ1) is 27.3. The molecule has 2 atom stereocenters. The molecule has 4 rings (SSSR count). The maximum Gasteiger partial charge on any atom is 0.407 e. The predicted molar refractivity (Wildman–Crippen MR) is 140 cm³/mol. The maximum absolute atomic E-state index is 12.7. The number of carbonyl (C=O) groups excluding carboxylic acids is 2. The predicted octanol–water partition coefficient (Wildman–Crippen LogP) is 2.83. The monoisotopic (exact) mass is 521 g/mol. The molecular formula is C28H35N5O5. The summed E-state index contributed by atoms with van der Waals surface area (Å²) >= 11 is 0. The van der Waals surface area contributed by atoms with Crippen molar-refractivity contribution in [2.75, 3.05) is 13.2 Å². The van der Waals surface area contributed by atoms with Crippen LogP contribution in [0.5, 0.6) is 0 Å². The van der Waals surface area contributed by atoms with Gasteiger partial charge in [0.2, 0.25) is 11.7 Å². The lowest BCUT2D eigenvalue weighted by Gasteiger charge is -2.21. The van der Waals surface area contributed by atoms with E-state index in [9.17, 15) is 14.7 Å². The van der Waals surface area contributed by atoms with E-state index in [1.165, 1.54) is 11.1 Å². The Morgan fingerprint density at radius 2 is 1.84 bits per heavy atom. The number of nitrogens with two attached hydrogens (primary N) is 1. The third kappa shape index (κ3) is 7.17. The van der Waals surface area contributed by atoms with Gasteiger partial charge in [0.15, 0.2) is 0 Å². The molecule has 3 aromatic rings. The number of aromatic nitrogens is 2. The van der Waals surface area contributed by atoms with Crippen molar-refractivity contribution in [1.29, 1.82) is 0 Å². The lowest BCUT2D eigenvalue weighted by atomic mass is 10.0. The molecule has 0 spiro atoms. The Morgan fingerprint density at radius 1 is 1.13 bits per heavy atom. The molecule has 0 saturated heterocycles. The summed E-state index contributed by atoms with van der Waals surface area (Å²) in [7, 11) is 0. The van der Waals surface area contributed by atoms with Gasteiger partial charge in [-0.3, -0.25) is 4.79 Å². The summed E-state index contributed by atoms with van der Waals surface area (Å²) in [5, 5.41) is 20.5. The van der Waals surface area contributed by atoms with E-state index in [2.05, 4.69) is 32.9 Å². The van der Waals surface area contributed by atoms with Crippen molar-refractivity contribution < 1.29 is 24.0 Å². The van der Waals surface area contributed by atoms with Crippen molar-refractivity contribution in [3.63, 3.8) is 0 Å². The number of nitrogens with one attached hydrogen (secondary N) is 2. The second kappa shape index (κ2) is 13.2. The molecule has 0 bridgehead atoms. The first-order valence-corrected chi connectivity index (χ1v) is 13.1. The summed E-state index contributed by atoms with van der Waals surface area (Å²) < 4.78 is 10.3. The van der Waals surface area contributed by atoms with Crippen molar-refractivity contribution in [2.24, 2.45) is 5.73 Å². The SMILES string of the molecule is CCOC(=O)N[C@@H](CCCCN)[C@H](O)c1noc(Cc2ccc(C(=O)NC3Cc4ccccc4C3)cc2)n1. The molecule has 2 aromatic carbocycles. The molecule has 0 unspecified atom stereocenters. The average Bonchev–Trinajstić information content (AvgIpc) is 3.55. The van der Waals surface area contributed by atoms with Crippen LogP contribution in [-0.4, -0.2) is 52.5 Å². The zero-order valence-corrected chi connectivity index (χ0v) is 21.6. The molecule has 0 radical (unpaired) electrons. The van der Waals surface area contributed by atoms with Crippen LogP contribution in [-0.2, 0) is 24.0 Å². The largest absolute Gasteiger partial charge is 0.450 e. The summed E-state index contributed by atoms with van der Waals surface area (Å²) in [6.45, 7) is 2.45. The van der Waals surface area contributed by atoms with Gasteiger partial charge in [-0.2, -0.15) is 4.98 Å². The average molecular weight is 522 g/mol. The van der Waals surface area contributed by atoms with Crippen molar-refractivity contribution in [1.82, 2.24) is 20.8 Å². The number of fused-ring (bicyclic) bond motifs is 1. The number of unbranched alkanes of at least 4 members (excludes halogenated alkanes) is 1. The van der Waals surface area contributed by atoms with Crippen molar-refractivity contribution in [3.05, 3.63) is 82.5 Å². The van der Waals surface area contributed by atoms with Crippen LogP contribution in [0, 0.1) is 0 Å². The number of alkyl carbamates (subject to hydrolysis) is 1. The molecular weight excluding hydrogens is 486 g/mol. The van der Waals surface area contributed by atoms with E-state index in [0.29, 0.717) is 37.3 Å². The van der Waals surface area contributed by atoms with Crippen LogP contribution in [0.1, 0.15) is 71.1 Å². The first-order chi connectivity index (χ1) is 18.5. The van der Waals surface area contributed by atoms with E-state index in [-0.39, 0.29) is 24.4 Å². The van der Waals surface area contributed by atoms with Crippen molar-refractivity contribution in [2.45, 2.75) is 63.6 Å². The van der Waals surface area contributed by atoms with E-state index < -0.39 is 18.2 Å². The zero-order chi connectivity index (χ0) is 26.9. The van der Waals surface area contributed by atoms with E-state index in [1.807, 2.05) is 24.3 Å². The quantitative estimate of drug-likeness (QED) is 0.266. The Morgan fingerprint density at radius 3 is 2.50 bits per heavy atom. The third-order valence-electron chi connectivity index (χ3n) is 6.64. The Balaban J connectivity index is 1.33. The van der Waals surface area contributed by atoms with Gasteiger partial charge in [0.25, 0.3) is 5.91 Å². The van der Waals surface area contributed by atoms with Crippen LogP contribution < -0.4 is 16.4 Å². The number of carbonyl (C=O) groups is 2. The smallest absolute Gasteiger partial charge is 0.407 e. The highest BCUT2D eigenvalue weighted by Crippen LogP contribution is 2.22. The fourth-order valence-corrected chi connectivity index (χ4v) is 4.66. The second-order valence-corrected chi connectivity index (χ2v) is 9.47. The Kier molecular flexibility index (Phi) is 9.45. The molecule has 2 amide bonds. The molecule has 1 aliphatic rings. The van der Waals surface area contributed by atoms with Crippen LogP contribution in [0.3, 0.4) is 0 Å². The molecule has 38 heavy (non-hydrogen) atoms. The number of ether oxygens (including phenoxy) is 1. The van der Waals surface area contributed by atoms with E-state index in [0.717, 1.165) is 24.8 Å². The van der Waals surface area contributed by atoms with Gasteiger partial charge in [0, 0.05) is 11.6 Å². The minimum atomic E-state index is -1.16. The van der Waals surface area contributed by atoms with Gasteiger partial charge in [-0.05, 0) is 68.0 Å². The summed E-state index contributed by atoms with van der Waals surface area (Å²) in [6.07, 6.45) is 2.19. The molecule has 0 aliphatic heterocycles. The van der Waals surface area contributed by atoms with Gasteiger partial charge >= 0.3 is 6.09 Å². The molecule has 0 fully saturated rings. The van der Waals surface area contributed by atoms with E-state index in [4.69, 9.17) is 15.0 Å². The van der Waals surface area contributed by atoms with Gasteiger partial charge in [0.05, 0.1) is 19.1 Å². The zero-order valence-electron chi connectivity index (χ0n) is 21.6. The second-order valence-electron chi connectivity index (χ2n) is 9.47. The number of nitrogens with zero attached hydrogens (tertiary/aromatic N) is 2. The first-order valence-electron chi connectivity index (χ1n) is 13.1. The van der Waals surface area contributed by atoms with Crippen LogP contribution in [0.4, 0.5) is 4.79 Å². The van der Waals surface area contributed by atoms with Crippen molar-refractivity contribution >= 4 is 12.0 Å². The minimum Gasteiger partial charge on any atom is -0.450 e. The highest BCUT2D eigenvalue weighted by atomic mass is 16.5. The minimum absolute atomic E-state index is 0.0862. The lowest BCUT2D eigenvalue weighted by Crippen LogP contribution is -2.40. The van der Waals surface area contributed by atoms with Gasteiger partial charge in [-0.1, -0.05) is 48.0 Å². The van der Waals surface area contributed by atoms with Gasteiger partial charge in [-0.25, -0.2) is 4.79 Å². The van der Waals surface area contributed by atoms with Crippen LogP contribution in [0.2, 0.25) is 0 Å². The number of hydrogen-bond donors (Lipinski definition) is 4. The van der Waals surface area contributed by atoms with Crippen LogP contribution in [0.15, 0.2) is 53.1 Å². The normalized spacial score (nSPS) is 14.5. The topological polar surface area (TPSA) is 153 Å². The molecule has 0 saturated carbocycles. The number of hydrogen-bond acceptors (Lipinski definition) is 8. The third-order valence-corrected chi connectivity index (χ3v) is 6.64. The molecule has 1 aliphatic carbocycles. The van der Waals surface area contributed by atoms with Gasteiger partial charge in [0.1, 0.15) is 6.10 Å². The summed E-state index contributed by atoms with van der Waals surface area (Å²) in [5.41, 5.74) is 9.60. The fourth-order valence-electron chi connectivity index (χ4n) is 4.66. The summed E-state index contributed by atoms with van der Waals surface area (Å²) in [5.74, 6) is 0.298. The van der Waals surface area contributed by atoms with Gasteiger partial charge in [-0.15, -0.1) is 0 Å². The summed E-state index contributed by atoms with van der Waals surface area (Å²) in [4.78, 5) is 29.0. The van der Waals surface area contributed by atoms with Crippen LogP contribution in [0.25, 0.3) is 0 Å². The molecule has 202 valence electrons. The number of amides is 2. The highest BCUT2D eigenvalue weighted by Gasteiger charge is 2.27. The van der Waals surface area contributed by atoms with Crippen molar-refractivity contribution in [3.8, 4) is 0 Å². The molecule has 10 nitrogen and oxygen atoms in total. The van der Waals surface area contributed by atoms with Gasteiger partial charge < -0.3 is 30.7 Å². The molecule has 10 heteroatoms. The number of aliphatic hydroxyl groups is 1. The number of rotatable bonds is 12. The molecule has 1 heterocycles. The maximum atomic E-state index is 12.7. The number of aliphatic hydroxyl groups excluding tert-OH is 1. The van der Waals surface area contributed by atoms with E-state index >= 15 is 0 Å². The Labute approximate surface area is 222 Å². The van der Waals surface area contributed by atoms with Crippen LogP contribution >= 0.6 is 0 Å². The lowest BCUT2D eigenvalue weighted by molar-refractivity contribution is 0.0938. The fraction of sp³-hybridized carbons (Fsp3) is 0.429.